The summed E-state index contributed by atoms with van der Waals surface area (Å²) in [4.78, 5) is 2.24. The van der Waals surface area contributed by atoms with Crippen molar-refractivity contribution in [2.24, 2.45) is 11.3 Å². The van der Waals surface area contributed by atoms with Gasteiger partial charge in [0.2, 0.25) is 0 Å². The summed E-state index contributed by atoms with van der Waals surface area (Å²) in [6, 6.07) is 6.81. The molecule has 0 heterocycles. The molecule has 1 unspecified atom stereocenters. The Morgan fingerprint density at radius 1 is 1.33 bits per heavy atom. The summed E-state index contributed by atoms with van der Waals surface area (Å²) in [5.41, 5.74) is 1.27. The van der Waals surface area contributed by atoms with Crippen molar-refractivity contribution in [3.05, 3.63) is 35.6 Å². The average Bonchev–Trinajstić information content (AvgIpc) is 2.24. The van der Waals surface area contributed by atoms with Crippen LogP contribution in [0.4, 0.5) is 4.39 Å². The number of halogens is 1. The van der Waals surface area contributed by atoms with Crippen molar-refractivity contribution >= 4 is 12.6 Å². The first-order chi connectivity index (χ1) is 8.32. The highest BCUT2D eigenvalue weighted by Gasteiger charge is 2.24. The molecule has 0 saturated heterocycles. The molecule has 1 nitrogen and oxygen atoms in total. The Labute approximate surface area is 116 Å². The molecule has 0 amide bonds. The fraction of sp³-hybridized carbons (Fsp3) is 0.600. The topological polar surface area (TPSA) is 3.24 Å². The van der Waals surface area contributed by atoms with Gasteiger partial charge in [-0.25, -0.2) is 4.39 Å². The maximum atomic E-state index is 13.1. The van der Waals surface area contributed by atoms with Crippen LogP contribution in [0.1, 0.15) is 26.3 Å². The normalized spacial score (nSPS) is 13.9. The second kappa shape index (κ2) is 6.58. The summed E-state index contributed by atoms with van der Waals surface area (Å²) in [6.45, 7) is 8.47. The molecule has 0 radical (unpaired) electrons. The molecule has 18 heavy (non-hydrogen) atoms. The molecule has 1 rings (SSSR count). The van der Waals surface area contributed by atoms with Gasteiger partial charge in [0.05, 0.1) is 0 Å². The van der Waals surface area contributed by atoms with Crippen molar-refractivity contribution in [3.63, 3.8) is 0 Å². The number of benzene rings is 1. The Balaban J connectivity index is 2.58. The summed E-state index contributed by atoms with van der Waals surface area (Å²) < 4.78 is 13.1. The van der Waals surface area contributed by atoms with E-state index in [2.05, 4.69) is 45.3 Å². The van der Waals surface area contributed by atoms with Crippen molar-refractivity contribution in [1.82, 2.24) is 4.90 Å². The zero-order chi connectivity index (χ0) is 13.8. The lowest BCUT2D eigenvalue weighted by atomic mass is 9.81. The van der Waals surface area contributed by atoms with E-state index in [0.29, 0.717) is 5.92 Å². The number of hydrogen-bond donors (Lipinski definition) is 1. The molecule has 0 fully saturated rings. The number of rotatable bonds is 5. The van der Waals surface area contributed by atoms with Crippen molar-refractivity contribution in [2.45, 2.75) is 27.3 Å². The molecule has 0 saturated carbocycles. The van der Waals surface area contributed by atoms with Gasteiger partial charge in [0.1, 0.15) is 5.82 Å². The molecule has 0 bridgehead atoms. The zero-order valence-corrected chi connectivity index (χ0v) is 12.7. The number of hydrogen-bond acceptors (Lipinski definition) is 2. The minimum Gasteiger partial charge on any atom is -0.302 e. The average molecular weight is 269 g/mol. The van der Waals surface area contributed by atoms with E-state index in [0.717, 1.165) is 24.4 Å². The van der Waals surface area contributed by atoms with Crippen molar-refractivity contribution in [3.8, 4) is 0 Å². The summed E-state index contributed by atoms with van der Waals surface area (Å²) >= 11 is 4.44. The Bertz CT molecular complexity index is 373. The SMILES string of the molecule is CN(Cc1cccc(F)c1)CC(CS)C(C)(C)C. The van der Waals surface area contributed by atoms with E-state index in [1.165, 1.54) is 6.07 Å². The predicted octanol–water partition coefficient (Wildman–Crippen LogP) is 3.85. The van der Waals surface area contributed by atoms with E-state index in [-0.39, 0.29) is 11.2 Å². The fourth-order valence-electron chi connectivity index (χ4n) is 1.99. The lowest BCUT2D eigenvalue weighted by Gasteiger charge is -2.33. The van der Waals surface area contributed by atoms with Gasteiger partial charge in [0, 0.05) is 13.1 Å². The van der Waals surface area contributed by atoms with Crippen LogP contribution in [-0.2, 0) is 6.54 Å². The van der Waals surface area contributed by atoms with Crippen molar-refractivity contribution in [1.29, 1.82) is 0 Å². The van der Waals surface area contributed by atoms with Crippen LogP contribution in [0, 0.1) is 17.2 Å². The molecule has 1 aromatic carbocycles. The third-order valence-electron chi connectivity index (χ3n) is 3.32. The van der Waals surface area contributed by atoms with E-state index in [1.54, 1.807) is 12.1 Å². The van der Waals surface area contributed by atoms with Crippen LogP contribution in [0.15, 0.2) is 24.3 Å². The van der Waals surface area contributed by atoms with E-state index in [4.69, 9.17) is 0 Å². The standard InChI is InChI=1S/C15H24FNS/c1-15(2,3)13(11-18)10-17(4)9-12-6-5-7-14(16)8-12/h5-8,13,18H,9-11H2,1-4H3. The predicted molar refractivity (Wildman–Crippen MR) is 79.5 cm³/mol. The third kappa shape index (κ3) is 4.99. The molecule has 0 aliphatic carbocycles. The monoisotopic (exact) mass is 269 g/mol. The summed E-state index contributed by atoms with van der Waals surface area (Å²) in [6.07, 6.45) is 0. The van der Waals surface area contributed by atoms with Gasteiger partial charge in [-0.2, -0.15) is 12.6 Å². The highest BCUT2D eigenvalue weighted by molar-refractivity contribution is 7.80. The molecule has 102 valence electrons. The molecule has 0 spiro atoms. The van der Waals surface area contributed by atoms with E-state index in [9.17, 15) is 4.39 Å². The van der Waals surface area contributed by atoms with Crippen LogP contribution in [0.25, 0.3) is 0 Å². The van der Waals surface area contributed by atoms with Crippen LogP contribution >= 0.6 is 12.6 Å². The van der Waals surface area contributed by atoms with Gasteiger partial charge in [0.15, 0.2) is 0 Å². The first kappa shape index (κ1) is 15.5. The van der Waals surface area contributed by atoms with Gasteiger partial charge >= 0.3 is 0 Å². The Kier molecular flexibility index (Phi) is 5.67. The molecule has 1 atom stereocenters. The van der Waals surface area contributed by atoms with Gasteiger partial charge in [-0.1, -0.05) is 32.9 Å². The van der Waals surface area contributed by atoms with E-state index < -0.39 is 0 Å². The smallest absolute Gasteiger partial charge is 0.123 e. The second-order valence-electron chi connectivity index (χ2n) is 6.07. The maximum Gasteiger partial charge on any atom is 0.123 e. The van der Waals surface area contributed by atoms with E-state index in [1.807, 2.05) is 6.07 Å². The molecule has 0 aliphatic heterocycles. The fourth-order valence-corrected chi connectivity index (χ4v) is 2.66. The first-order valence-electron chi connectivity index (χ1n) is 6.36. The Morgan fingerprint density at radius 2 is 2.00 bits per heavy atom. The molecule has 0 N–H and O–H groups in total. The van der Waals surface area contributed by atoms with E-state index >= 15 is 0 Å². The quantitative estimate of drug-likeness (QED) is 0.795. The van der Waals surface area contributed by atoms with Crippen LogP contribution in [0.2, 0.25) is 0 Å². The minimum absolute atomic E-state index is 0.164. The van der Waals surface area contributed by atoms with Gasteiger partial charge < -0.3 is 4.90 Å². The molecule has 1 aromatic rings. The lowest BCUT2D eigenvalue weighted by molar-refractivity contribution is 0.183. The molecule has 3 heteroatoms. The van der Waals surface area contributed by atoms with Crippen LogP contribution in [0.3, 0.4) is 0 Å². The Hall–Kier alpha value is -0.540. The summed E-state index contributed by atoms with van der Waals surface area (Å²) in [5.74, 6) is 1.23. The first-order valence-corrected chi connectivity index (χ1v) is 7.00. The minimum atomic E-state index is -0.164. The van der Waals surface area contributed by atoms with Crippen LogP contribution in [0.5, 0.6) is 0 Å². The van der Waals surface area contributed by atoms with Crippen LogP contribution in [-0.4, -0.2) is 24.2 Å². The highest BCUT2D eigenvalue weighted by Crippen LogP contribution is 2.27. The van der Waals surface area contributed by atoms with Gasteiger partial charge in [-0.15, -0.1) is 0 Å². The summed E-state index contributed by atoms with van der Waals surface area (Å²) in [7, 11) is 2.08. The molecular formula is C15H24FNS. The third-order valence-corrected chi connectivity index (χ3v) is 3.76. The summed E-state index contributed by atoms with van der Waals surface area (Å²) in [5, 5.41) is 0. The van der Waals surface area contributed by atoms with Crippen molar-refractivity contribution in [2.75, 3.05) is 19.3 Å². The van der Waals surface area contributed by atoms with Gasteiger partial charge in [-0.3, -0.25) is 0 Å². The maximum absolute atomic E-state index is 13.1. The van der Waals surface area contributed by atoms with Crippen molar-refractivity contribution < 1.29 is 4.39 Å². The van der Waals surface area contributed by atoms with Gasteiger partial charge in [0.25, 0.3) is 0 Å². The number of thiol groups is 1. The Morgan fingerprint density at radius 3 is 2.50 bits per heavy atom. The molecule has 0 aliphatic rings. The lowest BCUT2D eigenvalue weighted by Crippen LogP contribution is -2.34. The highest BCUT2D eigenvalue weighted by atomic mass is 32.1. The number of nitrogens with zero attached hydrogens (tertiary/aromatic N) is 1. The zero-order valence-electron chi connectivity index (χ0n) is 11.8. The van der Waals surface area contributed by atoms with Gasteiger partial charge in [-0.05, 0) is 41.8 Å². The van der Waals surface area contributed by atoms with Crippen LogP contribution < -0.4 is 0 Å². The largest absolute Gasteiger partial charge is 0.302 e. The molecule has 0 aromatic heterocycles. The second-order valence-corrected chi connectivity index (χ2v) is 6.44. The molecular weight excluding hydrogens is 245 g/mol.